The van der Waals surface area contributed by atoms with Crippen molar-refractivity contribution >= 4 is 0 Å². The van der Waals surface area contributed by atoms with Crippen LogP contribution in [-0.2, 0) is 0 Å². The zero-order valence-electron chi connectivity index (χ0n) is 10.1. The van der Waals surface area contributed by atoms with Gasteiger partial charge >= 0.3 is 0 Å². The smallest absolute Gasteiger partial charge is 0.0991 e. The summed E-state index contributed by atoms with van der Waals surface area (Å²) < 4.78 is 0. The van der Waals surface area contributed by atoms with Gasteiger partial charge in [0.1, 0.15) is 0 Å². The maximum absolute atomic E-state index is 10.1. The Hall–Kier alpha value is -1.37. The Morgan fingerprint density at radius 1 is 1.59 bits per heavy atom. The van der Waals surface area contributed by atoms with Crippen molar-refractivity contribution in [1.29, 1.82) is 5.26 Å². The van der Waals surface area contributed by atoms with E-state index in [1.807, 2.05) is 12.1 Å². The second-order valence-electron chi connectivity index (χ2n) is 4.91. The Morgan fingerprint density at radius 2 is 2.41 bits per heavy atom. The average Bonchev–Trinajstić information content (AvgIpc) is 2.75. The van der Waals surface area contributed by atoms with Gasteiger partial charge in [-0.15, -0.1) is 0 Å². The van der Waals surface area contributed by atoms with Crippen LogP contribution < -0.4 is 0 Å². The molecule has 0 radical (unpaired) electrons. The Bertz CT molecular complexity index is 424. The molecule has 3 nitrogen and oxygen atoms in total. The number of aliphatic hydroxyl groups excluding tert-OH is 1. The second kappa shape index (κ2) is 5.31. The number of benzene rings is 1. The van der Waals surface area contributed by atoms with Crippen LogP contribution in [0, 0.1) is 17.2 Å². The summed E-state index contributed by atoms with van der Waals surface area (Å²) in [5, 5.41) is 19.0. The fourth-order valence-corrected chi connectivity index (χ4v) is 2.36. The van der Waals surface area contributed by atoms with Crippen LogP contribution in [0.1, 0.15) is 30.6 Å². The fraction of sp³-hybridized carbons (Fsp3) is 0.500. The lowest BCUT2D eigenvalue weighted by atomic mass is 10.1. The van der Waals surface area contributed by atoms with E-state index in [-0.39, 0.29) is 0 Å². The maximum Gasteiger partial charge on any atom is 0.0991 e. The monoisotopic (exact) mass is 230 g/mol. The molecule has 0 aliphatic carbocycles. The molecule has 2 rings (SSSR count). The van der Waals surface area contributed by atoms with Crippen molar-refractivity contribution in [2.45, 2.75) is 19.4 Å². The minimum atomic E-state index is -0.492. The van der Waals surface area contributed by atoms with Gasteiger partial charge in [0.15, 0.2) is 0 Å². The highest BCUT2D eigenvalue weighted by Gasteiger charge is 2.21. The summed E-state index contributed by atoms with van der Waals surface area (Å²) in [6.45, 7) is 5.03. The van der Waals surface area contributed by atoms with Gasteiger partial charge in [-0.3, -0.25) is 0 Å². The molecule has 1 N–H and O–H groups in total. The molecule has 1 fully saturated rings. The maximum atomic E-state index is 10.1. The van der Waals surface area contributed by atoms with E-state index in [2.05, 4.69) is 17.9 Å². The van der Waals surface area contributed by atoms with Crippen LogP contribution >= 0.6 is 0 Å². The molecule has 0 amide bonds. The number of nitrogens with zero attached hydrogens (tertiary/aromatic N) is 2. The lowest BCUT2D eigenvalue weighted by Gasteiger charge is -2.20. The molecular weight excluding hydrogens is 212 g/mol. The largest absolute Gasteiger partial charge is 0.387 e. The zero-order chi connectivity index (χ0) is 12.3. The molecule has 1 saturated heterocycles. The first-order valence-corrected chi connectivity index (χ1v) is 6.09. The van der Waals surface area contributed by atoms with Crippen molar-refractivity contribution in [3.63, 3.8) is 0 Å². The molecule has 17 heavy (non-hydrogen) atoms. The molecule has 0 saturated carbocycles. The lowest BCUT2D eigenvalue weighted by Crippen LogP contribution is -2.26. The number of β-amino-alcohol motifs (C(OH)–C–C–N with tert-alkyl or cyclic N) is 1. The minimum Gasteiger partial charge on any atom is -0.387 e. The van der Waals surface area contributed by atoms with E-state index in [1.54, 1.807) is 12.1 Å². The first-order chi connectivity index (χ1) is 8.19. The summed E-state index contributed by atoms with van der Waals surface area (Å²) in [4.78, 5) is 2.29. The molecule has 1 aromatic rings. The number of likely N-dealkylation sites (tertiary alicyclic amines) is 1. The number of rotatable bonds is 3. The van der Waals surface area contributed by atoms with E-state index in [0.717, 1.165) is 24.6 Å². The SMILES string of the molecule is C[C@H]1CCN(CC(O)c2cccc(C#N)c2)C1. The molecule has 1 aliphatic rings. The lowest BCUT2D eigenvalue weighted by molar-refractivity contribution is 0.124. The van der Waals surface area contributed by atoms with Crippen molar-refractivity contribution in [1.82, 2.24) is 4.90 Å². The zero-order valence-corrected chi connectivity index (χ0v) is 10.1. The highest BCUT2D eigenvalue weighted by Crippen LogP contribution is 2.20. The van der Waals surface area contributed by atoms with Crippen LogP contribution in [0.25, 0.3) is 0 Å². The van der Waals surface area contributed by atoms with E-state index in [0.29, 0.717) is 12.1 Å². The number of aliphatic hydroxyl groups is 1. The quantitative estimate of drug-likeness (QED) is 0.863. The average molecular weight is 230 g/mol. The highest BCUT2D eigenvalue weighted by molar-refractivity contribution is 5.33. The second-order valence-corrected chi connectivity index (χ2v) is 4.91. The van der Waals surface area contributed by atoms with Gasteiger partial charge in [-0.05, 0) is 36.6 Å². The van der Waals surface area contributed by atoms with Crippen molar-refractivity contribution in [3.8, 4) is 6.07 Å². The first kappa shape index (κ1) is 12.1. The predicted octanol–water partition coefficient (Wildman–Crippen LogP) is 1.93. The van der Waals surface area contributed by atoms with Crippen LogP contribution in [-0.4, -0.2) is 29.6 Å². The Balaban J connectivity index is 1.99. The van der Waals surface area contributed by atoms with Gasteiger partial charge in [0.25, 0.3) is 0 Å². The number of hydrogen-bond acceptors (Lipinski definition) is 3. The molecule has 1 unspecified atom stereocenters. The third kappa shape index (κ3) is 3.06. The van der Waals surface area contributed by atoms with E-state index in [4.69, 9.17) is 5.26 Å². The third-order valence-corrected chi connectivity index (χ3v) is 3.34. The molecule has 0 spiro atoms. The summed E-state index contributed by atoms with van der Waals surface area (Å²) >= 11 is 0. The van der Waals surface area contributed by atoms with Crippen molar-refractivity contribution < 1.29 is 5.11 Å². The van der Waals surface area contributed by atoms with E-state index in [1.165, 1.54) is 6.42 Å². The summed E-state index contributed by atoms with van der Waals surface area (Å²) in [7, 11) is 0. The van der Waals surface area contributed by atoms with Crippen molar-refractivity contribution in [2.75, 3.05) is 19.6 Å². The third-order valence-electron chi connectivity index (χ3n) is 3.34. The molecule has 1 aromatic carbocycles. The van der Waals surface area contributed by atoms with Crippen molar-refractivity contribution in [2.24, 2.45) is 5.92 Å². The summed E-state index contributed by atoms with van der Waals surface area (Å²) in [5.74, 6) is 0.729. The van der Waals surface area contributed by atoms with Gasteiger partial charge in [0.05, 0.1) is 17.7 Å². The van der Waals surface area contributed by atoms with Gasteiger partial charge in [0, 0.05) is 13.1 Å². The van der Waals surface area contributed by atoms with E-state index < -0.39 is 6.10 Å². The minimum absolute atomic E-state index is 0.492. The van der Waals surface area contributed by atoms with E-state index >= 15 is 0 Å². The standard InChI is InChI=1S/C14H18N2O/c1-11-5-6-16(9-11)10-14(17)13-4-2-3-12(7-13)8-15/h2-4,7,11,14,17H,5-6,9-10H2,1H3/t11-,14?/m0/s1. The van der Waals surface area contributed by atoms with Gasteiger partial charge in [0.2, 0.25) is 0 Å². The summed E-state index contributed by atoms with van der Waals surface area (Å²) in [6.07, 6.45) is 0.721. The summed E-state index contributed by atoms with van der Waals surface area (Å²) in [5.41, 5.74) is 1.44. The van der Waals surface area contributed by atoms with Crippen LogP contribution in [0.3, 0.4) is 0 Å². The molecule has 0 aromatic heterocycles. The normalized spacial score (nSPS) is 22.3. The Labute approximate surface area is 102 Å². The van der Waals surface area contributed by atoms with E-state index in [9.17, 15) is 5.11 Å². The molecule has 3 heteroatoms. The van der Waals surface area contributed by atoms with Gasteiger partial charge < -0.3 is 10.0 Å². The first-order valence-electron chi connectivity index (χ1n) is 6.09. The van der Waals surface area contributed by atoms with Crippen molar-refractivity contribution in [3.05, 3.63) is 35.4 Å². The number of nitriles is 1. The molecule has 1 aliphatic heterocycles. The van der Waals surface area contributed by atoms with Crippen LogP contribution in [0.15, 0.2) is 24.3 Å². The van der Waals surface area contributed by atoms with Gasteiger partial charge in [-0.25, -0.2) is 0 Å². The Kier molecular flexibility index (Phi) is 3.78. The predicted molar refractivity (Wildman–Crippen MR) is 66.3 cm³/mol. The van der Waals surface area contributed by atoms with Crippen LogP contribution in [0.5, 0.6) is 0 Å². The number of hydrogen-bond donors (Lipinski definition) is 1. The molecule has 2 atom stereocenters. The van der Waals surface area contributed by atoms with Crippen LogP contribution in [0.4, 0.5) is 0 Å². The van der Waals surface area contributed by atoms with Crippen LogP contribution in [0.2, 0.25) is 0 Å². The fourth-order valence-electron chi connectivity index (χ4n) is 2.36. The molecule has 1 heterocycles. The topological polar surface area (TPSA) is 47.3 Å². The molecule has 0 bridgehead atoms. The van der Waals surface area contributed by atoms with Gasteiger partial charge in [-0.2, -0.15) is 5.26 Å². The summed E-state index contributed by atoms with van der Waals surface area (Å²) in [6, 6.07) is 9.33. The highest BCUT2D eigenvalue weighted by atomic mass is 16.3. The van der Waals surface area contributed by atoms with Gasteiger partial charge in [-0.1, -0.05) is 19.1 Å². The Morgan fingerprint density at radius 3 is 3.06 bits per heavy atom. The molecule has 90 valence electrons. The molecular formula is C14H18N2O.